The molecule has 5 nitrogen and oxygen atoms in total. The molecule has 5 heteroatoms. The summed E-state index contributed by atoms with van der Waals surface area (Å²) < 4.78 is 25.9. The van der Waals surface area contributed by atoms with Crippen LogP contribution in [0, 0.1) is 0 Å². The van der Waals surface area contributed by atoms with Gasteiger partial charge in [-0.3, -0.25) is 0 Å². The lowest BCUT2D eigenvalue weighted by Crippen LogP contribution is -1.94. The molecule has 0 bridgehead atoms. The van der Waals surface area contributed by atoms with E-state index in [1.807, 2.05) is 68.5 Å². The van der Waals surface area contributed by atoms with Crippen molar-refractivity contribution in [2.45, 2.75) is 13.8 Å². The summed E-state index contributed by atoms with van der Waals surface area (Å²) in [6, 6.07) is 9.53. The number of hydrogen-bond donors (Lipinski definition) is 0. The number of ether oxygens (including phenoxy) is 5. The van der Waals surface area contributed by atoms with Gasteiger partial charge in [-0.2, -0.15) is 0 Å². The lowest BCUT2D eigenvalue weighted by atomic mass is 10.1. The van der Waals surface area contributed by atoms with Gasteiger partial charge in [-0.05, 0) is 37.6 Å². The maximum Gasteiger partial charge on any atom is 0.164 e. The number of methoxy groups -OCH3 is 5. The van der Waals surface area contributed by atoms with Gasteiger partial charge in [0.2, 0.25) is 0 Å². The van der Waals surface area contributed by atoms with Gasteiger partial charge in [0, 0.05) is 11.6 Å². The third-order valence-electron chi connectivity index (χ3n) is 3.85. The van der Waals surface area contributed by atoms with Crippen molar-refractivity contribution in [2.24, 2.45) is 0 Å². The monoisotopic (exact) mass is 386 g/mol. The van der Waals surface area contributed by atoms with Gasteiger partial charge in [0.05, 0.1) is 35.5 Å². The Morgan fingerprint density at radius 3 is 1.54 bits per heavy atom. The predicted molar refractivity (Wildman–Crippen MR) is 115 cm³/mol. The molecule has 0 unspecified atom stereocenters. The standard InChI is InChI=1S/C12H16O3.C11H14O2/c1-5-6-9-7-11(14-3)12(15-4)8-10(9)13-2;1-4-5-9-6-7-10(12-2)11(8-9)13-3/h5-8H,1-4H3;4-8H,1-3H3/b6-5+;5-4+. The molecule has 0 aromatic heterocycles. The van der Waals surface area contributed by atoms with E-state index in [1.54, 1.807) is 35.5 Å². The van der Waals surface area contributed by atoms with E-state index in [4.69, 9.17) is 23.7 Å². The minimum atomic E-state index is 0.669. The van der Waals surface area contributed by atoms with Crippen LogP contribution in [0.2, 0.25) is 0 Å². The zero-order valence-corrected chi connectivity index (χ0v) is 17.7. The fourth-order valence-corrected chi connectivity index (χ4v) is 2.51. The van der Waals surface area contributed by atoms with Crippen LogP contribution in [-0.2, 0) is 0 Å². The number of benzene rings is 2. The Morgan fingerprint density at radius 1 is 0.536 bits per heavy atom. The molecule has 0 saturated carbocycles. The maximum absolute atomic E-state index is 5.25. The molecule has 0 heterocycles. The Labute approximate surface area is 168 Å². The Kier molecular flexibility index (Phi) is 10.1. The normalized spacial score (nSPS) is 10.4. The van der Waals surface area contributed by atoms with E-state index in [1.165, 1.54) is 0 Å². The van der Waals surface area contributed by atoms with E-state index in [-0.39, 0.29) is 0 Å². The molecule has 2 rings (SSSR count). The summed E-state index contributed by atoms with van der Waals surface area (Å²) in [7, 11) is 8.12. The largest absolute Gasteiger partial charge is 0.496 e. The average molecular weight is 386 g/mol. The molecule has 0 aliphatic heterocycles. The van der Waals surface area contributed by atoms with Crippen LogP contribution >= 0.6 is 0 Å². The molecular weight excluding hydrogens is 356 g/mol. The SMILES string of the molecule is C/C=C/c1cc(OC)c(OC)cc1OC.C/C=C/c1ccc(OC)c(OC)c1. The van der Waals surface area contributed by atoms with Gasteiger partial charge in [0.1, 0.15) is 5.75 Å². The van der Waals surface area contributed by atoms with E-state index < -0.39 is 0 Å². The molecule has 2 aromatic rings. The van der Waals surface area contributed by atoms with Crippen molar-refractivity contribution in [3.63, 3.8) is 0 Å². The Bertz CT molecular complexity index is 794. The lowest BCUT2D eigenvalue weighted by molar-refractivity contribution is 0.348. The van der Waals surface area contributed by atoms with E-state index in [0.29, 0.717) is 11.5 Å². The molecule has 152 valence electrons. The maximum atomic E-state index is 5.25. The second-order valence-corrected chi connectivity index (χ2v) is 5.56. The highest BCUT2D eigenvalue weighted by Gasteiger charge is 2.09. The van der Waals surface area contributed by atoms with Crippen LogP contribution in [0.25, 0.3) is 12.2 Å². The van der Waals surface area contributed by atoms with Crippen molar-refractivity contribution < 1.29 is 23.7 Å². The molecule has 0 saturated heterocycles. The van der Waals surface area contributed by atoms with Crippen LogP contribution in [0.3, 0.4) is 0 Å². The minimum absolute atomic E-state index is 0.669. The second kappa shape index (κ2) is 12.3. The lowest BCUT2D eigenvalue weighted by Gasteiger charge is -2.11. The van der Waals surface area contributed by atoms with E-state index in [0.717, 1.165) is 28.4 Å². The van der Waals surface area contributed by atoms with E-state index >= 15 is 0 Å². The van der Waals surface area contributed by atoms with Crippen LogP contribution in [0.5, 0.6) is 28.7 Å². The first-order chi connectivity index (χ1) is 13.6. The quantitative estimate of drug-likeness (QED) is 0.630. The van der Waals surface area contributed by atoms with Crippen LogP contribution in [0.1, 0.15) is 25.0 Å². The first kappa shape index (κ1) is 23.0. The first-order valence-corrected chi connectivity index (χ1v) is 8.85. The molecule has 0 atom stereocenters. The van der Waals surface area contributed by atoms with Crippen molar-refractivity contribution in [1.29, 1.82) is 0 Å². The predicted octanol–water partition coefficient (Wildman–Crippen LogP) is 5.48. The highest BCUT2D eigenvalue weighted by Crippen LogP contribution is 2.35. The van der Waals surface area contributed by atoms with Crippen LogP contribution in [0.15, 0.2) is 42.5 Å². The molecule has 0 N–H and O–H groups in total. The summed E-state index contributed by atoms with van der Waals surface area (Å²) in [6.07, 6.45) is 7.91. The molecule has 0 aliphatic rings. The minimum Gasteiger partial charge on any atom is -0.496 e. The zero-order chi connectivity index (χ0) is 20.9. The summed E-state index contributed by atoms with van der Waals surface area (Å²) in [5.74, 6) is 3.66. The van der Waals surface area contributed by atoms with Gasteiger partial charge in [0.15, 0.2) is 23.0 Å². The first-order valence-electron chi connectivity index (χ1n) is 8.85. The summed E-state index contributed by atoms with van der Waals surface area (Å²) in [5, 5.41) is 0. The van der Waals surface area contributed by atoms with Crippen LogP contribution in [-0.4, -0.2) is 35.5 Å². The van der Waals surface area contributed by atoms with Crippen molar-refractivity contribution in [1.82, 2.24) is 0 Å². The molecule has 28 heavy (non-hydrogen) atoms. The van der Waals surface area contributed by atoms with Gasteiger partial charge < -0.3 is 23.7 Å². The van der Waals surface area contributed by atoms with Crippen LogP contribution in [0.4, 0.5) is 0 Å². The summed E-state index contributed by atoms with van der Waals surface area (Å²) in [5.41, 5.74) is 2.08. The van der Waals surface area contributed by atoms with Crippen LogP contribution < -0.4 is 23.7 Å². The number of rotatable bonds is 7. The third kappa shape index (κ3) is 6.27. The Hall–Kier alpha value is -3.08. The van der Waals surface area contributed by atoms with Gasteiger partial charge in [0.25, 0.3) is 0 Å². The third-order valence-corrected chi connectivity index (χ3v) is 3.85. The summed E-state index contributed by atoms with van der Waals surface area (Å²) in [6.45, 7) is 3.94. The van der Waals surface area contributed by atoms with Crippen molar-refractivity contribution >= 4 is 12.2 Å². The molecule has 0 spiro atoms. The molecule has 0 radical (unpaired) electrons. The fourth-order valence-electron chi connectivity index (χ4n) is 2.51. The number of allylic oxidation sites excluding steroid dienone is 2. The van der Waals surface area contributed by atoms with Gasteiger partial charge in [-0.1, -0.05) is 30.4 Å². The molecule has 2 aromatic carbocycles. The van der Waals surface area contributed by atoms with Gasteiger partial charge >= 0.3 is 0 Å². The Morgan fingerprint density at radius 2 is 1.04 bits per heavy atom. The topological polar surface area (TPSA) is 46.2 Å². The molecular formula is C23H30O5. The van der Waals surface area contributed by atoms with Gasteiger partial charge in [-0.15, -0.1) is 0 Å². The molecule has 0 aliphatic carbocycles. The zero-order valence-electron chi connectivity index (χ0n) is 17.7. The van der Waals surface area contributed by atoms with Gasteiger partial charge in [-0.25, -0.2) is 0 Å². The molecule has 0 fully saturated rings. The summed E-state index contributed by atoms with van der Waals surface area (Å²) >= 11 is 0. The second-order valence-electron chi connectivity index (χ2n) is 5.56. The average Bonchev–Trinajstić information content (AvgIpc) is 2.74. The highest BCUT2D eigenvalue weighted by molar-refractivity contribution is 5.63. The van der Waals surface area contributed by atoms with Crippen molar-refractivity contribution in [2.75, 3.05) is 35.5 Å². The van der Waals surface area contributed by atoms with E-state index in [2.05, 4.69) is 0 Å². The Balaban J connectivity index is 0.000000283. The highest BCUT2D eigenvalue weighted by atomic mass is 16.5. The molecule has 0 amide bonds. The smallest absolute Gasteiger partial charge is 0.164 e. The summed E-state index contributed by atoms with van der Waals surface area (Å²) in [4.78, 5) is 0. The van der Waals surface area contributed by atoms with E-state index in [9.17, 15) is 0 Å². The number of hydrogen-bond acceptors (Lipinski definition) is 5. The fraction of sp³-hybridized carbons (Fsp3) is 0.304. The van der Waals surface area contributed by atoms with Crippen molar-refractivity contribution in [3.8, 4) is 28.7 Å². The van der Waals surface area contributed by atoms with Crippen molar-refractivity contribution in [3.05, 3.63) is 53.6 Å².